The molecule has 1 atom stereocenters. The molecule has 3 rings (SSSR count). The fourth-order valence-corrected chi connectivity index (χ4v) is 5.10. The first kappa shape index (κ1) is 21.4. The van der Waals surface area contributed by atoms with Gasteiger partial charge in [-0.05, 0) is 44.0 Å². The molecule has 1 amide bonds. The molecule has 0 aliphatic carbocycles. The summed E-state index contributed by atoms with van der Waals surface area (Å²) < 4.78 is 26.9. The minimum Gasteiger partial charge on any atom is -0.337 e. The number of nitrogens with one attached hydrogen (secondary N) is 1. The minimum atomic E-state index is -3.52. The van der Waals surface area contributed by atoms with Crippen molar-refractivity contribution < 1.29 is 13.2 Å². The molecule has 2 heterocycles. The Morgan fingerprint density at radius 1 is 1.15 bits per heavy atom. The molecule has 2 aliphatic rings. The maximum absolute atomic E-state index is 12.7. The highest BCUT2D eigenvalue weighted by molar-refractivity contribution is 7.89. The van der Waals surface area contributed by atoms with Crippen molar-refractivity contribution in [1.82, 2.24) is 14.5 Å². The first-order valence-electron chi connectivity index (χ1n) is 8.66. The predicted octanol–water partition coefficient (Wildman–Crippen LogP) is 1.98. The van der Waals surface area contributed by atoms with Crippen LogP contribution in [0.2, 0.25) is 5.02 Å². The Labute approximate surface area is 166 Å². The van der Waals surface area contributed by atoms with Gasteiger partial charge in [-0.2, -0.15) is 4.31 Å². The molecule has 1 aromatic rings. The first-order chi connectivity index (χ1) is 11.9. The Balaban J connectivity index is 0.00000243. The van der Waals surface area contributed by atoms with Crippen LogP contribution < -0.4 is 5.32 Å². The molecule has 0 saturated carbocycles. The number of benzene rings is 1. The van der Waals surface area contributed by atoms with E-state index >= 15 is 0 Å². The summed E-state index contributed by atoms with van der Waals surface area (Å²) in [6.45, 7) is 5.16. The molecule has 2 fully saturated rings. The summed E-state index contributed by atoms with van der Waals surface area (Å²) >= 11 is 5.83. The largest absolute Gasteiger partial charge is 0.337 e. The summed E-state index contributed by atoms with van der Waals surface area (Å²) in [5, 5.41) is 3.79. The van der Waals surface area contributed by atoms with E-state index < -0.39 is 10.0 Å². The van der Waals surface area contributed by atoms with Gasteiger partial charge in [-0.1, -0.05) is 11.6 Å². The number of rotatable bonds is 3. The number of amides is 1. The van der Waals surface area contributed by atoms with Crippen LogP contribution in [0.15, 0.2) is 29.2 Å². The van der Waals surface area contributed by atoms with Crippen LogP contribution in [0, 0.1) is 5.92 Å². The molecule has 26 heavy (non-hydrogen) atoms. The van der Waals surface area contributed by atoms with Crippen LogP contribution in [-0.4, -0.2) is 62.3 Å². The third-order valence-corrected chi connectivity index (χ3v) is 7.20. The molecule has 146 valence electrons. The number of halogens is 2. The highest BCUT2D eigenvalue weighted by atomic mass is 35.5. The molecule has 0 radical (unpaired) electrons. The van der Waals surface area contributed by atoms with Crippen molar-refractivity contribution in [1.29, 1.82) is 0 Å². The number of hydrogen-bond donors (Lipinski definition) is 1. The number of piperidine rings is 1. The Morgan fingerprint density at radius 2 is 1.77 bits per heavy atom. The van der Waals surface area contributed by atoms with Gasteiger partial charge in [-0.25, -0.2) is 8.42 Å². The third kappa shape index (κ3) is 4.51. The molecule has 2 aliphatic heterocycles. The lowest BCUT2D eigenvalue weighted by atomic mass is 9.95. The van der Waals surface area contributed by atoms with Crippen molar-refractivity contribution in [3.05, 3.63) is 29.3 Å². The van der Waals surface area contributed by atoms with Gasteiger partial charge >= 0.3 is 0 Å². The molecule has 0 bridgehead atoms. The lowest BCUT2D eigenvalue weighted by molar-refractivity contribution is -0.139. The molecule has 2 saturated heterocycles. The zero-order chi connectivity index (χ0) is 18.0. The standard InChI is InChI=1S/C17H24ClN3O3S.ClH/c1-13-12-19-8-11-21(13)17(22)14-6-9-20(10-7-14)25(23,24)16-4-2-15(18)3-5-16;/h2-5,13-14,19H,6-12H2,1H3;1H/t13-;/m0./s1. The van der Waals surface area contributed by atoms with E-state index in [1.165, 1.54) is 16.4 Å². The smallest absolute Gasteiger partial charge is 0.243 e. The van der Waals surface area contributed by atoms with E-state index in [1.807, 2.05) is 11.8 Å². The molecule has 6 nitrogen and oxygen atoms in total. The Morgan fingerprint density at radius 3 is 2.35 bits per heavy atom. The van der Waals surface area contributed by atoms with Crippen LogP contribution in [0.4, 0.5) is 0 Å². The molecule has 0 spiro atoms. The number of carbonyl (C=O) groups is 1. The average molecular weight is 422 g/mol. The molecule has 0 aromatic heterocycles. The topological polar surface area (TPSA) is 69.7 Å². The zero-order valence-corrected chi connectivity index (χ0v) is 17.1. The summed E-state index contributed by atoms with van der Waals surface area (Å²) in [4.78, 5) is 14.9. The minimum absolute atomic E-state index is 0. The van der Waals surface area contributed by atoms with Gasteiger partial charge in [-0.3, -0.25) is 4.79 Å². The number of sulfonamides is 1. The van der Waals surface area contributed by atoms with Crippen molar-refractivity contribution in [2.75, 3.05) is 32.7 Å². The van der Waals surface area contributed by atoms with Crippen LogP contribution in [0.1, 0.15) is 19.8 Å². The second-order valence-corrected chi connectivity index (χ2v) is 9.09. The third-order valence-electron chi connectivity index (χ3n) is 5.04. The highest BCUT2D eigenvalue weighted by Gasteiger charge is 2.35. The van der Waals surface area contributed by atoms with E-state index in [-0.39, 0.29) is 35.2 Å². The molecule has 0 unspecified atom stereocenters. The fraction of sp³-hybridized carbons (Fsp3) is 0.588. The Kier molecular flexibility index (Phi) is 7.33. The van der Waals surface area contributed by atoms with Gasteiger partial charge in [0.15, 0.2) is 0 Å². The van der Waals surface area contributed by atoms with Crippen molar-refractivity contribution in [3.8, 4) is 0 Å². The second kappa shape index (κ2) is 8.89. The lowest BCUT2D eigenvalue weighted by Gasteiger charge is -2.38. The van der Waals surface area contributed by atoms with Gasteiger partial charge in [0, 0.05) is 49.7 Å². The van der Waals surface area contributed by atoms with Crippen molar-refractivity contribution in [3.63, 3.8) is 0 Å². The zero-order valence-electron chi connectivity index (χ0n) is 14.7. The molecular weight excluding hydrogens is 397 g/mol. The van der Waals surface area contributed by atoms with E-state index in [0.29, 0.717) is 31.0 Å². The van der Waals surface area contributed by atoms with Crippen molar-refractivity contribution in [2.24, 2.45) is 5.92 Å². The van der Waals surface area contributed by atoms with Gasteiger partial charge in [0.2, 0.25) is 15.9 Å². The molecular formula is C17H25Cl2N3O3S. The maximum atomic E-state index is 12.7. The molecule has 1 N–H and O–H groups in total. The fourth-order valence-electron chi connectivity index (χ4n) is 3.50. The monoisotopic (exact) mass is 421 g/mol. The van der Waals surface area contributed by atoms with Gasteiger partial charge in [0.1, 0.15) is 0 Å². The maximum Gasteiger partial charge on any atom is 0.243 e. The van der Waals surface area contributed by atoms with Crippen LogP contribution >= 0.6 is 24.0 Å². The SMILES string of the molecule is C[C@H]1CNCCN1C(=O)C1CCN(S(=O)(=O)c2ccc(Cl)cc2)CC1.Cl. The Bertz CT molecular complexity index is 719. The second-order valence-electron chi connectivity index (χ2n) is 6.72. The van der Waals surface area contributed by atoms with Gasteiger partial charge in [0.05, 0.1) is 4.90 Å². The number of nitrogens with zero attached hydrogens (tertiary/aromatic N) is 2. The van der Waals surface area contributed by atoms with Gasteiger partial charge in [-0.15, -0.1) is 12.4 Å². The molecule has 9 heteroatoms. The normalized spacial score (nSPS) is 22.7. The first-order valence-corrected chi connectivity index (χ1v) is 10.5. The van der Waals surface area contributed by atoms with Crippen molar-refractivity contribution in [2.45, 2.75) is 30.7 Å². The van der Waals surface area contributed by atoms with Gasteiger partial charge in [0.25, 0.3) is 0 Å². The molecule has 1 aromatic carbocycles. The summed E-state index contributed by atoms with van der Waals surface area (Å²) in [5.74, 6) is 0.0785. The van der Waals surface area contributed by atoms with Crippen LogP contribution in [0.5, 0.6) is 0 Å². The van der Waals surface area contributed by atoms with Crippen LogP contribution in [-0.2, 0) is 14.8 Å². The summed E-state index contributed by atoms with van der Waals surface area (Å²) in [7, 11) is -3.52. The Hall–Kier alpha value is -0.860. The van der Waals surface area contributed by atoms with E-state index in [0.717, 1.165) is 19.6 Å². The predicted molar refractivity (Wildman–Crippen MR) is 104 cm³/mol. The summed E-state index contributed by atoms with van der Waals surface area (Å²) in [5.41, 5.74) is 0. The van der Waals surface area contributed by atoms with Crippen LogP contribution in [0.3, 0.4) is 0 Å². The van der Waals surface area contributed by atoms with Gasteiger partial charge < -0.3 is 10.2 Å². The average Bonchev–Trinajstić information content (AvgIpc) is 2.62. The van der Waals surface area contributed by atoms with E-state index in [9.17, 15) is 13.2 Å². The summed E-state index contributed by atoms with van der Waals surface area (Å²) in [6, 6.07) is 6.40. The number of carbonyl (C=O) groups excluding carboxylic acids is 1. The lowest BCUT2D eigenvalue weighted by Crippen LogP contribution is -2.55. The quantitative estimate of drug-likeness (QED) is 0.809. The number of piperazine rings is 1. The van der Waals surface area contributed by atoms with Crippen molar-refractivity contribution >= 4 is 39.9 Å². The highest BCUT2D eigenvalue weighted by Crippen LogP contribution is 2.26. The summed E-state index contributed by atoms with van der Waals surface area (Å²) in [6.07, 6.45) is 1.14. The van der Waals surface area contributed by atoms with E-state index in [4.69, 9.17) is 11.6 Å². The van der Waals surface area contributed by atoms with E-state index in [1.54, 1.807) is 12.1 Å². The van der Waals surface area contributed by atoms with Crippen LogP contribution in [0.25, 0.3) is 0 Å². The van der Waals surface area contributed by atoms with E-state index in [2.05, 4.69) is 5.32 Å². The number of hydrogen-bond acceptors (Lipinski definition) is 4.